The van der Waals surface area contributed by atoms with Crippen molar-refractivity contribution in [3.05, 3.63) is 0 Å². The molecule has 0 saturated carbocycles. The topological polar surface area (TPSA) is 61.2 Å². The molecule has 0 N–H and O–H groups in total. The molecule has 0 unspecified atom stereocenters. The number of nitriles is 1. The lowest BCUT2D eigenvalue weighted by molar-refractivity contribution is 0.483. The monoisotopic (exact) mass is 386 g/mol. The van der Waals surface area contributed by atoms with E-state index in [2.05, 4.69) is 0 Å². The quantitative estimate of drug-likeness (QED) is 0.511. The summed E-state index contributed by atoms with van der Waals surface area (Å²) in [5, 5.41) is 8.98. The number of nitrogens with zero attached hydrogens (tertiary/aromatic N) is 2. The van der Waals surface area contributed by atoms with E-state index in [1.165, 1.54) is 13.8 Å². The van der Waals surface area contributed by atoms with Gasteiger partial charge in [0.15, 0.2) is 9.58 Å². The fraction of sp³-hybridized carbons (Fsp3) is 0.889. The van der Waals surface area contributed by atoms with Gasteiger partial charge in [-0.05, 0) is 39.6 Å². The zero-order valence-electron chi connectivity index (χ0n) is 10.7. The summed E-state index contributed by atoms with van der Waals surface area (Å²) in [5.41, 5.74) is 0. The summed E-state index contributed by atoms with van der Waals surface area (Å²) in [6, 6.07) is 1.26. The molecule has 0 bridgehead atoms. The van der Waals surface area contributed by atoms with E-state index in [1.54, 1.807) is 19.9 Å². The summed E-state index contributed by atoms with van der Waals surface area (Å²) in [6.07, 6.45) is 0. The third-order valence-corrected chi connectivity index (χ3v) is 8.42. The average Bonchev–Trinajstić information content (AvgIpc) is 2.24. The van der Waals surface area contributed by atoms with Crippen LogP contribution in [0.2, 0.25) is 0 Å². The van der Waals surface area contributed by atoms with Crippen molar-refractivity contribution in [3.8, 4) is 6.07 Å². The molecule has 0 aliphatic rings. The molecule has 112 valence electrons. The Hall–Kier alpha value is 0.910. The van der Waals surface area contributed by atoms with Crippen molar-refractivity contribution in [1.29, 1.82) is 5.26 Å². The van der Waals surface area contributed by atoms with E-state index in [0.29, 0.717) is 11.9 Å². The van der Waals surface area contributed by atoms with E-state index in [0.717, 1.165) is 3.71 Å². The standard InChI is InChI=1S/C9H14Cl4N2O2S2/c1-6(2)15(18-9(12,13)7(10)11)19(16,17)8(3,4)5-14/h6-7H,1-4H3. The highest BCUT2D eigenvalue weighted by atomic mass is 35.5. The predicted molar refractivity (Wildman–Crippen MR) is 83.1 cm³/mol. The van der Waals surface area contributed by atoms with Crippen LogP contribution >= 0.6 is 58.4 Å². The molecule has 0 aromatic heterocycles. The van der Waals surface area contributed by atoms with E-state index in [1.807, 2.05) is 0 Å². The second kappa shape index (κ2) is 6.78. The van der Waals surface area contributed by atoms with Crippen LogP contribution in [0.4, 0.5) is 0 Å². The molecule has 0 radical (unpaired) electrons. The Bertz CT molecular complexity index is 457. The largest absolute Gasteiger partial charge is 0.242 e. The first-order valence-electron chi connectivity index (χ1n) is 5.10. The molecule has 0 aliphatic carbocycles. The van der Waals surface area contributed by atoms with Crippen LogP contribution in [0.15, 0.2) is 0 Å². The Labute approximate surface area is 138 Å². The van der Waals surface area contributed by atoms with Gasteiger partial charge in [0.05, 0.1) is 6.07 Å². The van der Waals surface area contributed by atoms with Gasteiger partial charge in [0.2, 0.25) is 13.7 Å². The van der Waals surface area contributed by atoms with Gasteiger partial charge in [0.25, 0.3) is 0 Å². The molecule has 0 heterocycles. The number of halogens is 4. The van der Waals surface area contributed by atoms with Crippen molar-refractivity contribution in [2.24, 2.45) is 0 Å². The number of alkyl halides is 4. The van der Waals surface area contributed by atoms with E-state index in [9.17, 15) is 8.42 Å². The second-order valence-electron chi connectivity index (χ2n) is 4.43. The lowest BCUT2D eigenvalue weighted by atomic mass is 10.2. The SMILES string of the molecule is CC(C)N(SC(Cl)(Cl)C(Cl)Cl)S(=O)(=O)C(C)(C)C#N. The van der Waals surface area contributed by atoms with Crippen molar-refractivity contribution in [3.63, 3.8) is 0 Å². The Balaban J connectivity index is 5.57. The highest BCUT2D eigenvalue weighted by Gasteiger charge is 2.46. The molecule has 0 fully saturated rings. The highest BCUT2D eigenvalue weighted by molar-refractivity contribution is 8.11. The first-order valence-corrected chi connectivity index (χ1v) is 8.94. The third-order valence-electron chi connectivity index (χ3n) is 2.04. The van der Waals surface area contributed by atoms with Gasteiger partial charge in [0, 0.05) is 6.04 Å². The minimum atomic E-state index is -3.97. The number of sulfonamides is 1. The number of rotatable bonds is 6. The third kappa shape index (κ3) is 4.70. The maximum atomic E-state index is 12.4. The summed E-state index contributed by atoms with van der Waals surface area (Å²) >= 11 is 23.6. The number of hydrogen-bond acceptors (Lipinski definition) is 4. The van der Waals surface area contributed by atoms with Gasteiger partial charge in [-0.2, -0.15) is 5.26 Å². The zero-order valence-corrected chi connectivity index (χ0v) is 15.4. The molecule has 4 nitrogen and oxygen atoms in total. The molecular weight excluding hydrogens is 374 g/mol. The van der Waals surface area contributed by atoms with Crippen molar-refractivity contribution in [2.45, 2.75) is 47.0 Å². The first kappa shape index (κ1) is 19.9. The Morgan fingerprint density at radius 2 is 1.68 bits per heavy atom. The maximum Gasteiger partial charge on any atom is 0.242 e. The van der Waals surface area contributed by atoms with Gasteiger partial charge in [-0.25, -0.2) is 8.42 Å². The van der Waals surface area contributed by atoms with Gasteiger partial charge >= 0.3 is 0 Å². The van der Waals surface area contributed by atoms with E-state index >= 15 is 0 Å². The smallest absolute Gasteiger partial charge is 0.210 e. The molecule has 0 aromatic rings. The summed E-state index contributed by atoms with van der Waals surface area (Å²) in [5.74, 6) is 0. The minimum absolute atomic E-state index is 0.480. The highest BCUT2D eigenvalue weighted by Crippen LogP contribution is 2.47. The van der Waals surface area contributed by atoms with Crippen LogP contribution in [0.1, 0.15) is 27.7 Å². The molecule has 0 saturated heterocycles. The normalized spacial score (nSPS) is 14.2. The van der Waals surface area contributed by atoms with Crippen molar-refractivity contribution < 1.29 is 8.42 Å². The van der Waals surface area contributed by atoms with Gasteiger partial charge in [-0.1, -0.05) is 23.2 Å². The van der Waals surface area contributed by atoms with E-state index in [4.69, 9.17) is 51.7 Å². The molecular formula is C9H14Cl4N2O2S2. The van der Waals surface area contributed by atoms with Crippen LogP contribution in [-0.4, -0.2) is 31.4 Å². The number of hydrogen-bond donors (Lipinski definition) is 0. The molecule has 0 rings (SSSR count). The maximum absolute atomic E-state index is 12.4. The summed E-state index contributed by atoms with van der Waals surface area (Å²) in [7, 11) is -3.97. The van der Waals surface area contributed by atoms with Crippen LogP contribution in [0.5, 0.6) is 0 Å². The predicted octanol–water partition coefficient (Wildman–Crippen LogP) is 3.91. The fourth-order valence-corrected chi connectivity index (χ4v) is 4.76. The summed E-state index contributed by atoms with van der Waals surface area (Å²) in [6.45, 7) is 5.83. The van der Waals surface area contributed by atoms with Crippen LogP contribution in [0.3, 0.4) is 0 Å². The first-order chi connectivity index (χ1) is 8.29. The summed E-state index contributed by atoms with van der Waals surface area (Å²) in [4.78, 5) is -1.21. The van der Waals surface area contributed by atoms with Gasteiger partial charge < -0.3 is 0 Å². The molecule has 19 heavy (non-hydrogen) atoms. The van der Waals surface area contributed by atoms with Gasteiger partial charge in [0.1, 0.15) is 0 Å². The fourth-order valence-electron chi connectivity index (χ4n) is 0.874. The van der Waals surface area contributed by atoms with Crippen LogP contribution < -0.4 is 0 Å². The lowest BCUT2D eigenvalue weighted by Crippen LogP contribution is -2.45. The molecule has 0 atom stereocenters. The molecule has 0 aliphatic heterocycles. The molecule has 0 aromatic carbocycles. The van der Waals surface area contributed by atoms with Crippen molar-refractivity contribution in [1.82, 2.24) is 3.71 Å². The molecule has 0 spiro atoms. The van der Waals surface area contributed by atoms with Crippen molar-refractivity contribution in [2.75, 3.05) is 0 Å². The Morgan fingerprint density at radius 1 is 1.26 bits per heavy atom. The average molecular weight is 388 g/mol. The van der Waals surface area contributed by atoms with Gasteiger partial charge in [-0.15, -0.1) is 26.9 Å². The Kier molecular flexibility index (Phi) is 7.11. The molecule has 10 heteroatoms. The van der Waals surface area contributed by atoms with Crippen molar-refractivity contribution >= 4 is 68.4 Å². The lowest BCUT2D eigenvalue weighted by Gasteiger charge is -2.34. The molecule has 0 amide bonds. The second-order valence-corrected chi connectivity index (χ2v) is 11.2. The summed E-state index contributed by atoms with van der Waals surface area (Å²) < 4.78 is 22.4. The minimum Gasteiger partial charge on any atom is -0.210 e. The van der Waals surface area contributed by atoms with Crippen LogP contribution in [-0.2, 0) is 10.0 Å². The van der Waals surface area contributed by atoms with Gasteiger partial charge in [-0.3, -0.25) is 0 Å². The Morgan fingerprint density at radius 3 is 1.95 bits per heavy atom. The van der Waals surface area contributed by atoms with Crippen LogP contribution in [0, 0.1) is 11.3 Å². The van der Waals surface area contributed by atoms with E-state index in [-0.39, 0.29) is 0 Å². The zero-order chi connectivity index (χ0) is 15.6. The van der Waals surface area contributed by atoms with Crippen LogP contribution in [0.25, 0.3) is 0 Å². The van der Waals surface area contributed by atoms with E-state index < -0.39 is 29.3 Å².